The summed E-state index contributed by atoms with van der Waals surface area (Å²) in [5.41, 5.74) is 2.57. The van der Waals surface area contributed by atoms with Crippen LogP contribution in [-0.2, 0) is 17.8 Å². The summed E-state index contributed by atoms with van der Waals surface area (Å²) in [5.74, 6) is 1.14. The molecule has 7 heteroatoms. The van der Waals surface area contributed by atoms with Crippen LogP contribution in [0.2, 0.25) is 0 Å². The summed E-state index contributed by atoms with van der Waals surface area (Å²) in [5, 5.41) is 6.53. The van der Waals surface area contributed by atoms with Gasteiger partial charge in [0.1, 0.15) is 5.76 Å². The Morgan fingerprint density at radius 3 is 3.09 bits per heavy atom. The minimum Gasteiger partial charge on any atom is -0.360 e. The molecular formula is C16H21N5O2. The summed E-state index contributed by atoms with van der Waals surface area (Å²) in [6, 6.07) is 2.41. The molecule has 1 aliphatic carbocycles. The maximum absolute atomic E-state index is 12.0. The van der Waals surface area contributed by atoms with Crippen molar-refractivity contribution in [1.82, 2.24) is 19.6 Å². The lowest BCUT2D eigenvalue weighted by Gasteiger charge is -2.26. The molecule has 2 aromatic rings. The number of hydrogen-bond acceptors (Lipinski definition) is 5. The van der Waals surface area contributed by atoms with E-state index >= 15 is 0 Å². The maximum Gasteiger partial charge on any atom is 0.226 e. The van der Waals surface area contributed by atoms with Crippen LogP contribution in [-0.4, -0.2) is 38.6 Å². The number of aryl methyl sites for hydroxylation is 1. The first kappa shape index (κ1) is 14.4. The second-order valence-electron chi connectivity index (χ2n) is 6.42. The predicted molar refractivity (Wildman–Crippen MR) is 84.0 cm³/mol. The van der Waals surface area contributed by atoms with Crippen molar-refractivity contribution in [1.29, 1.82) is 0 Å². The quantitative estimate of drug-likeness (QED) is 0.912. The highest BCUT2D eigenvalue weighted by molar-refractivity contribution is 5.89. The van der Waals surface area contributed by atoms with Gasteiger partial charge in [0.05, 0.1) is 12.0 Å². The van der Waals surface area contributed by atoms with E-state index in [0.29, 0.717) is 24.0 Å². The van der Waals surface area contributed by atoms with Crippen LogP contribution >= 0.6 is 0 Å². The monoisotopic (exact) mass is 315 g/mol. The third kappa shape index (κ3) is 3.14. The number of carbonyl (C=O) groups excluding carboxylic acids is 1. The zero-order valence-corrected chi connectivity index (χ0v) is 13.3. The largest absolute Gasteiger partial charge is 0.360 e. The van der Waals surface area contributed by atoms with Gasteiger partial charge in [-0.1, -0.05) is 5.16 Å². The second-order valence-corrected chi connectivity index (χ2v) is 6.42. The fourth-order valence-electron chi connectivity index (χ4n) is 3.13. The Labute approximate surface area is 134 Å². The lowest BCUT2D eigenvalue weighted by atomic mass is 10.1. The number of fused-ring (bicyclic) bond motifs is 1. The Morgan fingerprint density at radius 2 is 2.35 bits per heavy atom. The van der Waals surface area contributed by atoms with Gasteiger partial charge in [0, 0.05) is 50.3 Å². The minimum absolute atomic E-state index is 0.0346. The van der Waals surface area contributed by atoms with Crippen molar-refractivity contribution in [3.8, 4) is 0 Å². The zero-order chi connectivity index (χ0) is 15.8. The van der Waals surface area contributed by atoms with Gasteiger partial charge in [0.25, 0.3) is 0 Å². The highest BCUT2D eigenvalue weighted by Gasteiger charge is 2.29. The first-order valence-electron chi connectivity index (χ1n) is 8.19. The molecule has 7 nitrogen and oxygen atoms in total. The molecule has 4 rings (SSSR count). The Bertz CT molecular complexity index is 716. The summed E-state index contributed by atoms with van der Waals surface area (Å²) >= 11 is 0. The molecule has 1 amide bonds. The van der Waals surface area contributed by atoms with Crippen LogP contribution in [0.3, 0.4) is 0 Å². The second kappa shape index (κ2) is 5.81. The lowest BCUT2D eigenvalue weighted by molar-refractivity contribution is -0.116. The molecule has 0 unspecified atom stereocenters. The van der Waals surface area contributed by atoms with Crippen LogP contribution in [0.5, 0.6) is 0 Å². The molecule has 0 atom stereocenters. The van der Waals surface area contributed by atoms with Gasteiger partial charge in [-0.05, 0) is 19.8 Å². The van der Waals surface area contributed by atoms with Crippen molar-refractivity contribution in [2.45, 2.75) is 45.2 Å². The molecule has 2 aliphatic rings. The number of aromatic nitrogens is 3. The number of rotatable bonds is 5. The zero-order valence-electron chi connectivity index (χ0n) is 13.3. The van der Waals surface area contributed by atoms with E-state index in [4.69, 9.17) is 4.52 Å². The standard InChI is InChI=1S/C16H21N5O2/c1-11-8-15(19-23-11)18-16(22)5-7-20-6-4-14-13(9-20)17-10-21(14)12-2-3-12/h8,10,12H,2-7,9H2,1H3,(H,18,19,22). The van der Waals surface area contributed by atoms with Gasteiger partial charge in [0.15, 0.2) is 5.82 Å². The number of anilines is 1. The van der Waals surface area contributed by atoms with Crippen molar-refractivity contribution in [3.05, 3.63) is 29.5 Å². The smallest absolute Gasteiger partial charge is 0.226 e. The number of carbonyl (C=O) groups is 1. The summed E-state index contributed by atoms with van der Waals surface area (Å²) in [7, 11) is 0. The normalized spacial score (nSPS) is 18.0. The lowest BCUT2D eigenvalue weighted by Crippen LogP contribution is -2.33. The maximum atomic E-state index is 12.0. The molecule has 2 aromatic heterocycles. The van der Waals surface area contributed by atoms with Gasteiger partial charge in [0.2, 0.25) is 5.91 Å². The molecule has 0 bridgehead atoms. The highest BCUT2D eigenvalue weighted by Crippen LogP contribution is 2.37. The van der Waals surface area contributed by atoms with Crippen molar-refractivity contribution >= 4 is 11.7 Å². The van der Waals surface area contributed by atoms with E-state index in [2.05, 4.69) is 24.9 Å². The molecule has 23 heavy (non-hydrogen) atoms. The SMILES string of the molecule is Cc1cc(NC(=O)CCN2CCc3c(ncn3C3CC3)C2)no1. The number of nitrogens with zero attached hydrogens (tertiary/aromatic N) is 4. The minimum atomic E-state index is -0.0346. The summed E-state index contributed by atoms with van der Waals surface area (Å²) in [4.78, 5) is 18.8. The van der Waals surface area contributed by atoms with E-state index in [1.54, 1.807) is 13.0 Å². The van der Waals surface area contributed by atoms with Gasteiger partial charge >= 0.3 is 0 Å². The number of nitrogens with one attached hydrogen (secondary N) is 1. The fraction of sp³-hybridized carbons (Fsp3) is 0.562. The molecule has 0 saturated heterocycles. The topological polar surface area (TPSA) is 76.2 Å². The average molecular weight is 315 g/mol. The highest BCUT2D eigenvalue weighted by atomic mass is 16.5. The first-order valence-corrected chi connectivity index (χ1v) is 8.19. The van der Waals surface area contributed by atoms with E-state index < -0.39 is 0 Å². The van der Waals surface area contributed by atoms with E-state index in [9.17, 15) is 4.79 Å². The van der Waals surface area contributed by atoms with E-state index in [-0.39, 0.29) is 5.91 Å². The Kier molecular flexibility index (Phi) is 3.65. The van der Waals surface area contributed by atoms with Crippen molar-refractivity contribution in [2.75, 3.05) is 18.4 Å². The van der Waals surface area contributed by atoms with Crippen LogP contribution in [0.1, 0.15) is 42.5 Å². The van der Waals surface area contributed by atoms with Gasteiger partial charge in [-0.15, -0.1) is 0 Å². The van der Waals surface area contributed by atoms with E-state index in [1.807, 2.05) is 6.33 Å². The van der Waals surface area contributed by atoms with E-state index in [1.165, 1.54) is 24.2 Å². The molecule has 0 spiro atoms. The number of amides is 1. The molecule has 1 saturated carbocycles. The predicted octanol–water partition coefficient (Wildman–Crippen LogP) is 1.90. The van der Waals surface area contributed by atoms with Crippen LogP contribution < -0.4 is 5.32 Å². The molecule has 122 valence electrons. The molecule has 0 aromatic carbocycles. The molecule has 1 aliphatic heterocycles. The van der Waals surface area contributed by atoms with Crippen molar-refractivity contribution in [3.63, 3.8) is 0 Å². The summed E-state index contributed by atoms with van der Waals surface area (Å²) < 4.78 is 7.29. The Morgan fingerprint density at radius 1 is 1.48 bits per heavy atom. The molecule has 0 radical (unpaired) electrons. The Balaban J connectivity index is 1.29. The molecule has 1 N–H and O–H groups in total. The van der Waals surface area contributed by atoms with Crippen LogP contribution in [0.4, 0.5) is 5.82 Å². The summed E-state index contributed by atoms with van der Waals surface area (Å²) in [6.45, 7) is 4.36. The molecule has 1 fully saturated rings. The van der Waals surface area contributed by atoms with Gasteiger partial charge in [-0.2, -0.15) is 0 Å². The average Bonchev–Trinajstić information content (AvgIpc) is 3.17. The molecular weight excluding hydrogens is 294 g/mol. The van der Waals surface area contributed by atoms with Crippen LogP contribution in [0.15, 0.2) is 16.9 Å². The van der Waals surface area contributed by atoms with Crippen LogP contribution in [0, 0.1) is 6.92 Å². The fourth-order valence-corrected chi connectivity index (χ4v) is 3.13. The van der Waals surface area contributed by atoms with Gasteiger partial charge in [-0.3, -0.25) is 9.69 Å². The number of imidazole rings is 1. The Hall–Kier alpha value is -2.15. The van der Waals surface area contributed by atoms with Crippen molar-refractivity contribution in [2.24, 2.45) is 0 Å². The van der Waals surface area contributed by atoms with Gasteiger partial charge in [-0.25, -0.2) is 4.98 Å². The van der Waals surface area contributed by atoms with Crippen molar-refractivity contribution < 1.29 is 9.32 Å². The number of hydrogen-bond donors (Lipinski definition) is 1. The third-order valence-corrected chi connectivity index (χ3v) is 4.51. The first-order chi connectivity index (χ1) is 11.2. The van der Waals surface area contributed by atoms with Crippen LogP contribution in [0.25, 0.3) is 0 Å². The third-order valence-electron chi connectivity index (χ3n) is 4.51. The summed E-state index contributed by atoms with van der Waals surface area (Å²) in [6.07, 6.45) is 6.04. The van der Waals surface area contributed by atoms with E-state index in [0.717, 1.165) is 26.1 Å². The molecule has 3 heterocycles. The van der Waals surface area contributed by atoms with Gasteiger partial charge < -0.3 is 14.4 Å².